The predicted molar refractivity (Wildman–Crippen MR) is 110 cm³/mol. The second kappa shape index (κ2) is 8.63. The monoisotopic (exact) mass is 420 g/mol. The summed E-state index contributed by atoms with van der Waals surface area (Å²) in [6, 6.07) is 6.74. The fourth-order valence-corrected chi connectivity index (χ4v) is 3.44. The lowest BCUT2D eigenvalue weighted by atomic mass is 10.1. The SMILES string of the molecule is C[C@H]1CN(C(=O)OC(C)(C)C)CCN1Cc1cc(-c2ccnc(Cl)n2)ccc1F. The molecular formula is C21H26ClFN4O2. The Hall–Kier alpha value is -2.25. The fourth-order valence-electron chi connectivity index (χ4n) is 3.29. The molecule has 1 saturated heterocycles. The van der Waals surface area contributed by atoms with Crippen LogP contribution in [0.4, 0.5) is 9.18 Å². The number of benzene rings is 1. The smallest absolute Gasteiger partial charge is 0.410 e. The van der Waals surface area contributed by atoms with Gasteiger partial charge >= 0.3 is 6.09 Å². The lowest BCUT2D eigenvalue weighted by Gasteiger charge is -2.40. The lowest BCUT2D eigenvalue weighted by Crippen LogP contribution is -2.54. The van der Waals surface area contributed by atoms with Crippen LogP contribution in [0.15, 0.2) is 30.5 Å². The molecule has 0 aliphatic carbocycles. The number of hydrogen-bond acceptors (Lipinski definition) is 5. The van der Waals surface area contributed by atoms with E-state index in [4.69, 9.17) is 16.3 Å². The highest BCUT2D eigenvalue weighted by Crippen LogP contribution is 2.24. The third-order valence-electron chi connectivity index (χ3n) is 4.76. The molecule has 1 aromatic heterocycles. The summed E-state index contributed by atoms with van der Waals surface area (Å²) in [5.74, 6) is -0.268. The van der Waals surface area contributed by atoms with E-state index in [1.54, 1.807) is 29.3 Å². The number of carbonyl (C=O) groups is 1. The van der Waals surface area contributed by atoms with Crippen molar-refractivity contribution in [3.8, 4) is 11.3 Å². The van der Waals surface area contributed by atoms with Crippen molar-refractivity contribution in [2.24, 2.45) is 0 Å². The van der Waals surface area contributed by atoms with Crippen LogP contribution in [0.2, 0.25) is 5.28 Å². The molecule has 0 unspecified atom stereocenters. The molecule has 1 fully saturated rings. The van der Waals surface area contributed by atoms with Gasteiger partial charge in [0.15, 0.2) is 0 Å². The number of amides is 1. The number of piperazine rings is 1. The van der Waals surface area contributed by atoms with Crippen LogP contribution in [-0.2, 0) is 11.3 Å². The first-order valence-electron chi connectivity index (χ1n) is 9.62. The van der Waals surface area contributed by atoms with Crippen molar-refractivity contribution in [2.45, 2.75) is 45.9 Å². The van der Waals surface area contributed by atoms with E-state index in [0.29, 0.717) is 37.4 Å². The topological polar surface area (TPSA) is 58.6 Å². The molecule has 1 aromatic carbocycles. The van der Waals surface area contributed by atoms with Gasteiger partial charge in [-0.25, -0.2) is 19.2 Å². The molecule has 1 atom stereocenters. The quantitative estimate of drug-likeness (QED) is 0.690. The van der Waals surface area contributed by atoms with Crippen molar-refractivity contribution < 1.29 is 13.9 Å². The van der Waals surface area contributed by atoms with Crippen molar-refractivity contribution >= 4 is 17.7 Å². The Morgan fingerprint density at radius 3 is 2.72 bits per heavy atom. The number of aromatic nitrogens is 2. The van der Waals surface area contributed by atoms with Crippen LogP contribution < -0.4 is 0 Å². The van der Waals surface area contributed by atoms with Gasteiger partial charge in [-0.3, -0.25) is 4.90 Å². The molecule has 0 saturated carbocycles. The molecular weight excluding hydrogens is 395 g/mol. The second-order valence-corrected chi connectivity index (χ2v) is 8.60. The molecule has 8 heteroatoms. The lowest BCUT2D eigenvalue weighted by molar-refractivity contribution is 0.00446. The summed E-state index contributed by atoms with van der Waals surface area (Å²) in [4.78, 5) is 24.3. The molecule has 6 nitrogen and oxygen atoms in total. The van der Waals surface area contributed by atoms with E-state index < -0.39 is 5.60 Å². The molecule has 3 rings (SSSR count). The van der Waals surface area contributed by atoms with Gasteiger partial charge in [0.1, 0.15) is 11.4 Å². The van der Waals surface area contributed by atoms with Gasteiger partial charge in [0.2, 0.25) is 5.28 Å². The Morgan fingerprint density at radius 1 is 1.31 bits per heavy atom. The summed E-state index contributed by atoms with van der Waals surface area (Å²) < 4.78 is 19.9. The molecule has 2 aromatic rings. The number of hydrogen-bond donors (Lipinski definition) is 0. The zero-order chi connectivity index (χ0) is 21.2. The van der Waals surface area contributed by atoms with E-state index in [0.717, 1.165) is 5.56 Å². The summed E-state index contributed by atoms with van der Waals surface area (Å²) in [5, 5.41) is 0.153. The molecule has 0 N–H and O–H groups in total. The first kappa shape index (κ1) is 21.5. The highest BCUT2D eigenvalue weighted by atomic mass is 35.5. The Labute approximate surface area is 175 Å². The van der Waals surface area contributed by atoms with Gasteiger partial charge in [-0.2, -0.15) is 0 Å². The minimum Gasteiger partial charge on any atom is -0.444 e. The summed E-state index contributed by atoms with van der Waals surface area (Å²) >= 11 is 5.87. The minimum atomic E-state index is -0.523. The van der Waals surface area contributed by atoms with Crippen LogP contribution in [0.1, 0.15) is 33.3 Å². The molecule has 29 heavy (non-hydrogen) atoms. The van der Waals surface area contributed by atoms with Crippen LogP contribution in [0.3, 0.4) is 0 Å². The number of halogens is 2. The maximum absolute atomic E-state index is 14.5. The van der Waals surface area contributed by atoms with Crippen LogP contribution in [0, 0.1) is 5.82 Å². The van der Waals surface area contributed by atoms with E-state index in [1.165, 1.54) is 6.07 Å². The summed E-state index contributed by atoms with van der Waals surface area (Å²) in [5.41, 5.74) is 1.49. The zero-order valence-electron chi connectivity index (χ0n) is 17.2. The van der Waals surface area contributed by atoms with E-state index in [9.17, 15) is 9.18 Å². The van der Waals surface area contributed by atoms with Gasteiger partial charge in [-0.15, -0.1) is 0 Å². The zero-order valence-corrected chi connectivity index (χ0v) is 17.9. The maximum Gasteiger partial charge on any atom is 0.410 e. The van der Waals surface area contributed by atoms with Crippen LogP contribution >= 0.6 is 11.6 Å². The van der Waals surface area contributed by atoms with Gasteiger partial charge in [0.05, 0.1) is 5.69 Å². The Kier molecular flexibility index (Phi) is 6.39. The number of rotatable bonds is 3. The van der Waals surface area contributed by atoms with E-state index >= 15 is 0 Å². The first-order valence-corrected chi connectivity index (χ1v) is 9.99. The highest BCUT2D eigenvalue weighted by Gasteiger charge is 2.30. The predicted octanol–water partition coefficient (Wildman–Crippen LogP) is 4.38. The molecule has 2 heterocycles. The van der Waals surface area contributed by atoms with Crippen LogP contribution in [-0.4, -0.2) is 57.1 Å². The Balaban J connectivity index is 1.69. The standard InChI is InChI=1S/C21H26ClFN4O2/c1-14-12-27(20(28)29-21(2,3)4)10-9-26(14)13-16-11-15(5-6-17(16)23)18-7-8-24-19(22)25-18/h5-8,11,14H,9-10,12-13H2,1-4H3/t14-/m0/s1. The van der Waals surface area contributed by atoms with Gasteiger partial charge in [-0.1, -0.05) is 0 Å². The van der Waals surface area contributed by atoms with Crippen molar-refractivity contribution in [1.29, 1.82) is 0 Å². The highest BCUT2D eigenvalue weighted by molar-refractivity contribution is 6.28. The third-order valence-corrected chi connectivity index (χ3v) is 4.94. The molecule has 0 spiro atoms. The van der Waals surface area contributed by atoms with Crippen molar-refractivity contribution in [3.63, 3.8) is 0 Å². The summed E-state index contributed by atoms with van der Waals surface area (Å²) in [6.07, 6.45) is 1.27. The molecule has 1 aliphatic heterocycles. The van der Waals surface area contributed by atoms with Crippen LogP contribution in [0.25, 0.3) is 11.3 Å². The average Bonchev–Trinajstić information content (AvgIpc) is 2.63. The third kappa shape index (κ3) is 5.64. The Bertz CT molecular complexity index is 887. The van der Waals surface area contributed by atoms with E-state index in [-0.39, 0.29) is 23.2 Å². The van der Waals surface area contributed by atoms with E-state index in [1.807, 2.05) is 27.7 Å². The second-order valence-electron chi connectivity index (χ2n) is 8.26. The van der Waals surface area contributed by atoms with Gasteiger partial charge in [0, 0.05) is 49.5 Å². The van der Waals surface area contributed by atoms with E-state index in [2.05, 4.69) is 14.9 Å². The summed E-state index contributed by atoms with van der Waals surface area (Å²) in [7, 11) is 0. The fraction of sp³-hybridized carbons (Fsp3) is 0.476. The van der Waals surface area contributed by atoms with Crippen LogP contribution in [0.5, 0.6) is 0 Å². The van der Waals surface area contributed by atoms with Gasteiger partial charge in [-0.05, 0) is 63.6 Å². The summed E-state index contributed by atoms with van der Waals surface area (Å²) in [6.45, 7) is 9.76. The number of ether oxygens (including phenoxy) is 1. The number of nitrogens with zero attached hydrogens (tertiary/aromatic N) is 4. The minimum absolute atomic E-state index is 0.0767. The van der Waals surface area contributed by atoms with Gasteiger partial charge in [0.25, 0.3) is 0 Å². The number of carbonyl (C=O) groups excluding carboxylic acids is 1. The molecule has 0 bridgehead atoms. The molecule has 0 radical (unpaired) electrons. The van der Waals surface area contributed by atoms with Crippen molar-refractivity contribution in [3.05, 3.63) is 47.1 Å². The normalized spacial score (nSPS) is 18.0. The molecule has 1 aliphatic rings. The molecule has 156 valence electrons. The first-order chi connectivity index (χ1) is 13.6. The Morgan fingerprint density at radius 2 is 2.07 bits per heavy atom. The maximum atomic E-state index is 14.5. The molecule has 1 amide bonds. The van der Waals surface area contributed by atoms with Crippen molar-refractivity contribution in [1.82, 2.24) is 19.8 Å². The van der Waals surface area contributed by atoms with Gasteiger partial charge < -0.3 is 9.64 Å². The average molecular weight is 421 g/mol. The van der Waals surface area contributed by atoms with Crippen molar-refractivity contribution in [2.75, 3.05) is 19.6 Å². The largest absolute Gasteiger partial charge is 0.444 e.